The van der Waals surface area contributed by atoms with Gasteiger partial charge in [-0.1, -0.05) is 18.2 Å². The van der Waals surface area contributed by atoms with Crippen LogP contribution in [0.25, 0.3) is 5.69 Å². The summed E-state index contributed by atoms with van der Waals surface area (Å²) in [6.45, 7) is 2.87. The predicted molar refractivity (Wildman–Crippen MR) is 98.1 cm³/mol. The number of aromatic nitrogens is 4. The van der Waals surface area contributed by atoms with Crippen LogP contribution < -0.4 is 4.90 Å². The molecule has 0 radical (unpaired) electrons. The van der Waals surface area contributed by atoms with Crippen molar-refractivity contribution in [3.05, 3.63) is 66.7 Å². The van der Waals surface area contributed by atoms with Crippen molar-refractivity contribution in [1.82, 2.24) is 24.6 Å². The van der Waals surface area contributed by atoms with Crippen LogP contribution in [-0.2, 0) is 11.2 Å². The Bertz CT molecular complexity index is 856. The Hall–Kier alpha value is -3.22. The van der Waals surface area contributed by atoms with Gasteiger partial charge < -0.3 is 9.80 Å². The van der Waals surface area contributed by atoms with Gasteiger partial charge in [-0.15, -0.1) is 0 Å². The summed E-state index contributed by atoms with van der Waals surface area (Å²) in [6, 6.07) is 11.7. The van der Waals surface area contributed by atoms with E-state index in [0.29, 0.717) is 19.5 Å². The molecule has 1 aliphatic rings. The maximum Gasteiger partial charge on any atom is 0.227 e. The molecule has 0 aliphatic carbocycles. The standard InChI is InChI=1S/C19H20N6O/c26-18(13-16-14-22-25(15-16)17-5-2-1-3-6-17)23-9-11-24(12-10-23)19-20-7-4-8-21-19/h1-8,14-15H,9-13H2. The van der Waals surface area contributed by atoms with Crippen LogP contribution in [-0.4, -0.2) is 56.7 Å². The highest BCUT2D eigenvalue weighted by atomic mass is 16.2. The fourth-order valence-electron chi connectivity index (χ4n) is 3.07. The van der Waals surface area contributed by atoms with Gasteiger partial charge in [0.05, 0.1) is 18.3 Å². The molecule has 0 bridgehead atoms. The summed E-state index contributed by atoms with van der Waals surface area (Å²) in [4.78, 5) is 25.1. The molecule has 1 aromatic carbocycles. The molecule has 1 saturated heterocycles. The van der Waals surface area contributed by atoms with Crippen molar-refractivity contribution in [2.24, 2.45) is 0 Å². The fraction of sp³-hybridized carbons (Fsp3) is 0.263. The third-order valence-corrected chi connectivity index (χ3v) is 4.48. The molecule has 1 aliphatic heterocycles. The molecule has 1 fully saturated rings. The molecular formula is C19H20N6O. The lowest BCUT2D eigenvalue weighted by Gasteiger charge is -2.34. The van der Waals surface area contributed by atoms with E-state index >= 15 is 0 Å². The topological polar surface area (TPSA) is 67.2 Å². The van der Waals surface area contributed by atoms with Gasteiger partial charge in [0.25, 0.3) is 0 Å². The first-order valence-electron chi connectivity index (χ1n) is 8.68. The third-order valence-electron chi connectivity index (χ3n) is 4.48. The number of hydrogen-bond acceptors (Lipinski definition) is 5. The number of nitrogens with zero attached hydrogens (tertiary/aromatic N) is 6. The second kappa shape index (κ2) is 7.35. The lowest BCUT2D eigenvalue weighted by atomic mass is 10.2. The number of amides is 1. The maximum atomic E-state index is 12.6. The quantitative estimate of drug-likeness (QED) is 0.716. The molecule has 132 valence electrons. The molecule has 0 N–H and O–H groups in total. The van der Waals surface area contributed by atoms with E-state index in [-0.39, 0.29) is 5.91 Å². The molecule has 1 amide bonds. The minimum atomic E-state index is 0.131. The summed E-state index contributed by atoms with van der Waals surface area (Å²) >= 11 is 0. The summed E-state index contributed by atoms with van der Waals surface area (Å²) in [5.74, 6) is 0.856. The van der Waals surface area contributed by atoms with Crippen LogP contribution in [0.5, 0.6) is 0 Å². The Morgan fingerprint density at radius 3 is 2.42 bits per heavy atom. The zero-order chi connectivity index (χ0) is 17.8. The van der Waals surface area contributed by atoms with E-state index in [1.807, 2.05) is 41.4 Å². The summed E-state index contributed by atoms with van der Waals surface area (Å²) in [6.07, 6.45) is 7.53. The zero-order valence-electron chi connectivity index (χ0n) is 14.4. The smallest absolute Gasteiger partial charge is 0.227 e. The van der Waals surface area contributed by atoms with Crippen molar-refractivity contribution in [1.29, 1.82) is 0 Å². The van der Waals surface area contributed by atoms with E-state index in [1.165, 1.54) is 0 Å². The number of hydrogen-bond donors (Lipinski definition) is 0. The van der Waals surface area contributed by atoms with Gasteiger partial charge >= 0.3 is 0 Å². The Balaban J connectivity index is 1.34. The number of benzene rings is 1. The van der Waals surface area contributed by atoms with Gasteiger partial charge in [-0.2, -0.15) is 5.10 Å². The second-order valence-corrected chi connectivity index (χ2v) is 6.22. The molecule has 7 nitrogen and oxygen atoms in total. The van der Waals surface area contributed by atoms with Crippen molar-refractivity contribution in [3.8, 4) is 5.69 Å². The number of piperazine rings is 1. The lowest BCUT2D eigenvalue weighted by molar-refractivity contribution is -0.130. The van der Waals surface area contributed by atoms with Gasteiger partial charge in [0.1, 0.15) is 0 Å². The minimum Gasteiger partial charge on any atom is -0.339 e. The lowest BCUT2D eigenvalue weighted by Crippen LogP contribution is -2.49. The van der Waals surface area contributed by atoms with Crippen LogP contribution in [0.15, 0.2) is 61.2 Å². The van der Waals surface area contributed by atoms with Crippen molar-refractivity contribution >= 4 is 11.9 Å². The van der Waals surface area contributed by atoms with E-state index in [1.54, 1.807) is 29.3 Å². The second-order valence-electron chi connectivity index (χ2n) is 6.22. The third kappa shape index (κ3) is 3.56. The van der Waals surface area contributed by atoms with Gasteiger partial charge in [0, 0.05) is 44.8 Å². The molecule has 3 heterocycles. The van der Waals surface area contributed by atoms with Gasteiger partial charge in [-0.25, -0.2) is 14.6 Å². The highest BCUT2D eigenvalue weighted by molar-refractivity contribution is 5.79. The van der Waals surface area contributed by atoms with Gasteiger partial charge in [-0.05, 0) is 23.8 Å². The van der Waals surface area contributed by atoms with Crippen LogP contribution in [0.4, 0.5) is 5.95 Å². The number of rotatable bonds is 4. The SMILES string of the molecule is O=C(Cc1cnn(-c2ccccc2)c1)N1CCN(c2ncccn2)CC1. The molecular weight excluding hydrogens is 328 g/mol. The first-order valence-corrected chi connectivity index (χ1v) is 8.68. The van der Waals surface area contributed by atoms with Crippen LogP contribution in [0, 0.1) is 0 Å². The van der Waals surface area contributed by atoms with Gasteiger partial charge in [-0.3, -0.25) is 4.79 Å². The fourth-order valence-corrected chi connectivity index (χ4v) is 3.07. The normalized spacial score (nSPS) is 14.5. The highest BCUT2D eigenvalue weighted by Gasteiger charge is 2.22. The Kier molecular flexibility index (Phi) is 4.59. The van der Waals surface area contributed by atoms with E-state index in [2.05, 4.69) is 20.0 Å². The Morgan fingerprint density at radius 2 is 1.69 bits per heavy atom. The van der Waals surface area contributed by atoms with Crippen molar-refractivity contribution in [3.63, 3.8) is 0 Å². The molecule has 2 aromatic heterocycles. The molecule has 4 rings (SSSR count). The summed E-state index contributed by atoms with van der Waals surface area (Å²) in [5, 5.41) is 4.36. The highest BCUT2D eigenvalue weighted by Crippen LogP contribution is 2.12. The molecule has 0 unspecified atom stereocenters. The minimum absolute atomic E-state index is 0.131. The van der Waals surface area contributed by atoms with Gasteiger partial charge in [0.2, 0.25) is 11.9 Å². The van der Waals surface area contributed by atoms with E-state index < -0.39 is 0 Å². The van der Waals surface area contributed by atoms with Crippen molar-refractivity contribution in [2.75, 3.05) is 31.1 Å². The Labute approximate surface area is 151 Å². The molecule has 0 saturated carbocycles. The van der Waals surface area contributed by atoms with Crippen molar-refractivity contribution in [2.45, 2.75) is 6.42 Å². The van der Waals surface area contributed by atoms with Crippen LogP contribution in [0.2, 0.25) is 0 Å². The summed E-state index contributed by atoms with van der Waals surface area (Å²) < 4.78 is 1.80. The van der Waals surface area contributed by atoms with E-state index in [4.69, 9.17) is 0 Å². The average Bonchev–Trinajstić information content (AvgIpc) is 3.18. The molecule has 26 heavy (non-hydrogen) atoms. The molecule has 7 heteroatoms. The Morgan fingerprint density at radius 1 is 0.962 bits per heavy atom. The van der Waals surface area contributed by atoms with E-state index in [9.17, 15) is 4.79 Å². The summed E-state index contributed by atoms with van der Waals surface area (Å²) in [5.41, 5.74) is 1.91. The van der Waals surface area contributed by atoms with Crippen LogP contribution in [0.1, 0.15) is 5.56 Å². The zero-order valence-corrected chi connectivity index (χ0v) is 14.4. The first-order chi connectivity index (χ1) is 12.8. The maximum absolute atomic E-state index is 12.6. The first kappa shape index (κ1) is 16.3. The van der Waals surface area contributed by atoms with Gasteiger partial charge in [0.15, 0.2) is 0 Å². The molecule has 0 spiro atoms. The predicted octanol–water partition coefficient (Wildman–Crippen LogP) is 1.55. The van der Waals surface area contributed by atoms with Crippen LogP contribution in [0.3, 0.4) is 0 Å². The average molecular weight is 348 g/mol. The number of anilines is 1. The largest absolute Gasteiger partial charge is 0.339 e. The van der Waals surface area contributed by atoms with E-state index in [0.717, 1.165) is 30.3 Å². The number of para-hydroxylation sites is 1. The van der Waals surface area contributed by atoms with Crippen molar-refractivity contribution < 1.29 is 4.79 Å². The van der Waals surface area contributed by atoms with Crippen LogP contribution >= 0.6 is 0 Å². The molecule has 0 atom stereocenters. The monoisotopic (exact) mass is 348 g/mol. The number of carbonyl (C=O) groups is 1. The number of carbonyl (C=O) groups excluding carboxylic acids is 1. The molecule has 3 aromatic rings. The summed E-state index contributed by atoms with van der Waals surface area (Å²) in [7, 11) is 0.